The first-order valence-electron chi connectivity index (χ1n) is 13.7. The molecule has 11 nitrogen and oxygen atoms in total. The van der Waals surface area contributed by atoms with Gasteiger partial charge in [-0.15, -0.1) is 0 Å². The van der Waals surface area contributed by atoms with E-state index >= 15 is 0 Å². The molecule has 0 aromatic heterocycles. The maximum absolute atomic E-state index is 14.2. The van der Waals surface area contributed by atoms with E-state index in [2.05, 4.69) is 10.1 Å². The first-order valence-corrected chi connectivity index (χ1v) is 14.1. The fourth-order valence-electron chi connectivity index (χ4n) is 5.52. The van der Waals surface area contributed by atoms with E-state index in [-0.39, 0.29) is 53.3 Å². The van der Waals surface area contributed by atoms with Gasteiger partial charge in [0.05, 0.1) is 29.4 Å². The summed E-state index contributed by atoms with van der Waals surface area (Å²) in [5.41, 5.74) is -1.78. The third-order valence-electron chi connectivity index (χ3n) is 7.59. The van der Waals surface area contributed by atoms with Gasteiger partial charge in [-0.3, -0.25) is 9.59 Å². The molecule has 2 N–H and O–H groups in total. The van der Waals surface area contributed by atoms with Crippen LogP contribution in [-0.2, 0) is 15.1 Å². The Kier molecular flexibility index (Phi) is 9.33. The van der Waals surface area contributed by atoms with Gasteiger partial charge in [0, 0.05) is 49.9 Å². The number of hydrogen-bond acceptors (Lipinski definition) is 6. The summed E-state index contributed by atoms with van der Waals surface area (Å²) in [5, 5.41) is 12.0. The van der Waals surface area contributed by atoms with Crippen LogP contribution in [0.1, 0.15) is 49.5 Å². The number of likely N-dealkylation sites (tertiary alicyclic amines) is 1. The molecule has 0 spiro atoms. The molecule has 232 valence electrons. The highest BCUT2D eigenvalue weighted by Gasteiger charge is 2.47. The number of anilines is 1. The number of amides is 4. The normalized spacial score (nSPS) is 19.9. The van der Waals surface area contributed by atoms with Crippen LogP contribution in [0.2, 0.25) is 5.02 Å². The van der Waals surface area contributed by atoms with Gasteiger partial charge in [0.2, 0.25) is 5.60 Å². The minimum absolute atomic E-state index is 0.00458. The molecule has 1 saturated heterocycles. The number of methoxy groups -OCH3 is 1. The van der Waals surface area contributed by atoms with Crippen molar-refractivity contribution >= 4 is 41.3 Å². The lowest BCUT2D eigenvalue weighted by Crippen LogP contribution is -2.54. The van der Waals surface area contributed by atoms with Crippen LogP contribution in [0.5, 0.6) is 5.75 Å². The summed E-state index contributed by atoms with van der Waals surface area (Å²) in [6.07, 6.45) is -0.640. The third-order valence-corrected chi connectivity index (χ3v) is 7.90. The second-order valence-corrected chi connectivity index (χ2v) is 11.2. The molecule has 0 aliphatic carbocycles. The number of carboxylic acid groups (broad SMARTS) is 1. The van der Waals surface area contributed by atoms with Gasteiger partial charge >= 0.3 is 12.2 Å². The summed E-state index contributed by atoms with van der Waals surface area (Å²) in [4.78, 5) is 55.4. The number of hydrogen-bond donors (Lipinski definition) is 2. The van der Waals surface area contributed by atoms with Crippen LogP contribution in [0.25, 0.3) is 0 Å². The number of carbonyl (C=O) groups is 4. The second-order valence-electron chi connectivity index (χ2n) is 10.8. The smallest absolute Gasteiger partial charge is 0.407 e. The fourth-order valence-corrected chi connectivity index (χ4v) is 5.76. The molecule has 0 saturated carbocycles. The van der Waals surface area contributed by atoms with Crippen LogP contribution in [-0.4, -0.2) is 84.3 Å². The Morgan fingerprint density at radius 1 is 1.21 bits per heavy atom. The van der Waals surface area contributed by atoms with E-state index in [1.165, 1.54) is 36.0 Å². The van der Waals surface area contributed by atoms with Crippen LogP contribution >= 0.6 is 11.6 Å². The molecule has 2 aliphatic heterocycles. The maximum Gasteiger partial charge on any atom is 0.407 e. The van der Waals surface area contributed by atoms with Crippen molar-refractivity contribution in [2.24, 2.45) is 0 Å². The lowest BCUT2D eigenvalue weighted by molar-refractivity contribution is -0.135. The van der Waals surface area contributed by atoms with Gasteiger partial charge < -0.3 is 34.6 Å². The third kappa shape index (κ3) is 6.46. The Balaban J connectivity index is 1.77. The van der Waals surface area contributed by atoms with Gasteiger partial charge in [-0.25, -0.2) is 18.4 Å². The fraction of sp³-hybridized carbons (Fsp3) is 0.448. The zero-order valence-electron chi connectivity index (χ0n) is 24.2. The highest BCUT2D eigenvalue weighted by molar-refractivity contribution is 6.34. The molecule has 2 aliphatic rings. The Morgan fingerprint density at radius 3 is 2.49 bits per heavy atom. The molecule has 2 atom stereocenters. The van der Waals surface area contributed by atoms with E-state index in [1.54, 1.807) is 4.90 Å². The highest BCUT2D eigenvalue weighted by atomic mass is 35.5. The molecule has 2 heterocycles. The average molecular weight is 623 g/mol. The van der Waals surface area contributed by atoms with Gasteiger partial charge in [-0.1, -0.05) is 11.6 Å². The van der Waals surface area contributed by atoms with Crippen molar-refractivity contribution in [2.75, 3.05) is 38.2 Å². The van der Waals surface area contributed by atoms with E-state index in [0.29, 0.717) is 25.5 Å². The number of piperidine rings is 1. The molecular weight excluding hydrogens is 590 g/mol. The zero-order valence-corrected chi connectivity index (χ0v) is 24.9. The van der Waals surface area contributed by atoms with Crippen molar-refractivity contribution in [3.05, 3.63) is 58.1 Å². The number of alkyl carbamates (subject to hydrolysis) is 1. The summed E-state index contributed by atoms with van der Waals surface area (Å²) in [6, 6.07) is 4.67. The molecule has 1 unspecified atom stereocenters. The maximum atomic E-state index is 14.2. The molecule has 2 aromatic carbocycles. The van der Waals surface area contributed by atoms with Crippen molar-refractivity contribution in [1.29, 1.82) is 0 Å². The van der Waals surface area contributed by atoms with E-state index in [9.17, 15) is 33.1 Å². The van der Waals surface area contributed by atoms with Crippen molar-refractivity contribution in [1.82, 2.24) is 15.1 Å². The lowest BCUT2D eigenvalue weighted by Gasteiger charge is -2.42. The van der Waals surface area contributed by atoms with E-state index in [1.807, 2.05) is 13.8 Å². The second kappa shape index (κ2) is 12.6. The zero-order chi connectivity index (χ0) is 31.6. The van der Waals surface area contributed by atoms with Crippen LogP contribution in [0.3, 0.4) is 0 Å². The SMILES string of the molecule is COC(=O)NCCN1C(=O)C(C)(c2cc(F)cc(F)c2)Oc2cc(Cl)c(C(=O)N(C(C)C)[C@@H]3CCCN(C(=O)O)C3)cc21. The minimum Gasteiger partial charge on any atom is -0.471 e. The molecule has 0 bridgehead atoms. The summed E-state index contributed by atoms with van der Waals surface area (Å²) >= 11 is 6.63. The summed E-state index contributed by atoms with van der Waals surface area (Å²) in [7, 11) is 1.18. The van der Waals surface area contributed by atoms with Gasteiger partial charge in [-0.05, 0) is 51.8 Å². The van der Waals surface area contributed by atoms with Gasteiger partial charge in [-0.2, -0.15) is 0 Å². The molecule has 2 aromatic rings. The lowest BCUT2D eigenvalue weighted by atomic mass is 9.91. The summed E-state index contributed by atoms with van der Waals surface area (Å²) < 4.78 is 39.1. The number of nitrogens with one attached hydrogen (secondary N) is 1. The number of benzene rings is 2. The Hall–Kier alpha value is -4.13. The average Bonchev–Trinajstić information content (AvgIpc) is 2.94. The number of ether oxygens (including phenoxy) is 2. The first-order chi connectivity index (χ1) is 20.3. The number of halogens is 3. The monoisotopic (exact) mass is 622 g/mol. The highest BCUT2D eigenvalue weighted by Crippen LogP contribution is 2.45. The quantitative estimate of drug-likeness (QED) is 0.462. The molecule has 43 heavy (non-hydrogen) atoms. The summed E-state index contributed by atoms with van der Waals surface area (Å²) in [6.45, 7) is 5.30. The molecule has 0 radical (unpaired) electrons. The molecule has 1 fully saturated rings. The number of rotatable bonds is 7. The van der Waals surface area contributed by atoms with Gasteiger partial charge in [0.1, 0.15) is 17.4 Å². The van der Waals surface area contributed by atoms with Crippen molar-refractivity contribution in [3.63, 3.8) is 0 Å². The molecule has 14 heteroatoms. The van der Waals surface area contributed by atoms with Crippen LogP contribution in [0, 0.1) is 11.6 Å². The first kappa shape index (κ1) is 31.8. The van der Waals surface area contributed by atoms with E-state index < -0.39 is 47.3 Å². The van der Waals surface area contributed by atoms with Crippen LogP contribution in [0.15, 0.2) is 30.3 Å². The molecular formula is C29H33ClF2N4O7. The molecule has 4 rings (SSSR count). The van der Waals surface area contributed by atoms with E-state index in [4.69, 9.17) is 16.3 Å². The van der Waals surface area contributed by atoms with Crippen molar-refractivity contribution < 1.29 is 42.5 Å². The standard InChI is InChI=1S/C29H33ClF2N4O7/c1-16(2)36(20-6-5-8-34(15-20)28(40)41)25(37)21-13-23-24(14-22(21)30)43-29(3,17-10-18(31)12-19(32)11-17)26(38)35(23)9-7-33-27(39)42-4/h10-14,16,20H,5-9,15H2,1-4H3,(H,33,39)(H,40,41)/t20-,29?/m1/s1. The van der Waals surface area contributed by atoms with Crippen LogP contribution in [0.4, 0.5) is 24.1 Å². The topological polar surface area (TPSA) is 129 Å². The number of nitrogens with zero attached hydrogens (tertiary/aromatic N) is 3. The Labute approximate surface area is 252 Å². The van der Waals surface area contributed by atoms with E-state index in [0.717, 1.165) is 12.1 Å². The summed E-state index contributed by atoms with van der Waals surface area (Å²) in [5.74, 6) is -2.93. The Morgan fingerprint density at radius 2 is 1.88 bits per heavy atom. The van der Waals surface area contributed by atoms with Crippen molar-refractivity contribution in [2.45, 2.75) is 51.3 Å². The molecule has 4 amide bonds. The van der Waals surface area contributed by atoms with Crippen LogP contribution < -0.4 is 15.0 Å². The number of fused-ring (bicyclic) bond motifs is 1. The van der Waals surface area contributed by atoms with Gasteiger partial charge in [0.25, 0.3) is 11.8 Å². The van der Waals surface area contributed by atoms with Crippen molar-refractivity contribution in [3.8, 4) is 5.75 Å². The predicted molar refractivity (Wildman–Crippen MR) is 152 cm³/mol. The largest absolute Gasteiger partial charge is 0.471 e. The number of carbonyl (C=O) groups excluding carboxylic acids is 3. The minimum atomic E-state index is -1.89. The predicted octanol–water partition coefficient (Wildman–Crippen LogP) is 4.61. The Bertz CT molecular complexity index is 1420. The van der Waals surface area contributed by atoms with Gasteiger partial charge in [0.15, 0.2) is 0 Å².